The Morgan fingerprint density at radius 1 is 0.919 bits per heavy atom. The van der Waals surface area contributed by atoms with Gasteiger partial charge in [-0.25, -0.2) is 0 Å². The normalized spacial score (nSPS) is 18.9. The fraction of sp³-hybridized carbons (Fsp3) is 0.172. The van der Waals surface area contributed by atoms with Crippen molar-refractivity contribution in [1.29, 1.82) is 0 Å². The van der Waals surface area contributed by atoms with Gasteiger partial charge in [0.15, 0.2) is 5.78 Å². The van der Waals surface area contributed by atoms with Crippen molar-refractivity contribution in [2.24, 2.45) is 5.73 Å². The second-order valence-corrected chi connectivity index (χ2v) is 10.5. The number of carbonyl (C=O) groups is 2. The molecule has 0 spiro atoms. The minimum Gasteiger partial charge on any atom is -0.330 e. The van der Waals surface area contributed by atoms with E-state index >= 15 is 0 Å². The SMILES string of the molecule is CC1/C(=C\c2ccc(Cl)c(Cl)c2)C(=O)/C(=C/c2ccc(Cl)c(Cl)c2)CN1C(=O)[C@@H](N)Cc1ccccc1. The third-order valence-corrected chi connectivity index (χ3v) is 7.74. The van der Waals surface area contributed by atoms with E-state index < -0.39 is 12.1 Å². The van der Waals surface area contributed by atoms with Gasteiger partial charge in [0, 0.05) is 11.1 Å². The quantitative estimate of drug-likeness (QED) is 0.330. The summed E-state index contributed by atoms with van der Waals surface area (Å²) in [5, 5.41) is 1.57. The highest BCUT2D eigenvalue weighted by Gasteiger charge is 2.36. The van der Waals surface area contributed by atoms with E-state index in [1.54, 1.807) is 53.5 Å². The lowest BCUT2D eigenvalue weighted by Gasteiger charge is -2.37. The number of hydrogen-bond acceptors (Lipinski definition) is 3. The second-order valence-electron chi connectivity index (χ2n) is 8.88. The molecule has 1 aliphatic rings. The number of halogens is 4. The molecule has 3 aromatic rings. The third-order valence-electron chi connectivity index (χ3n) is 6.26. The van der Waals surface area contributed by atoms with Crippen LogP contribution in [0.15, 0.2) is 77.9 Å². The molecule has 1 heterocycles. The fourth-order valence-electron chi connectivity index (χ4n) is 4.25. The van der Waals surface area contributed by atoms with Crippen molar-refractivity contribution >= 4 is 70.2 Å². The lowest BCUT2D eigenvalue weighted by Crippen LogP contribution is -2.53. The number of piperidine rings is 1. The number of rotatable bonds is 5. The van der Waals surface area contributed by atoms with Gasteiger partial charge in [-0.05, 0) is 66.5 Å². The zero-order valence-corrected chi connectivity index (χ0v) is 23.0. The monoisotopic (exact) mass is 572 g/mol. The fourth-order valence-corrected chi connectivity index (χ4v) is 4.87. The van der Waals surface area contributed by atoms with Crippen LogP contribution in [0.5, 0.6) is 0 Å². The maximum atomic E-state index is 13.7. The van der Waals surface area contributed by atoms with Crippen LogP contribution in [0.2, 0.25) is 20.1 Å². The Morgan fingerprint density at radius 3 is 2.05 bits per heavy atom. The molecule has 1 aliphatic heterocycles. The summed E-state index contributed by atoms with van der Waals surface area (Å²) < 4.78 is 0. The van der Waals surface area contributed by atoms with Crippen LogP contribution in [0.25, 0.3) is 12.2 Å². The Morgan fingerprint density at radius 2 is 1.49 bits per heavy atom. The Hall–Kier alpha value is -2.60. The molecule has 1 saturated heterocycles. The Kier molecular flexibility index (Phi) is 8.79. The van der Waals surface area contributed by atoms with Crippen molar-refractivity contribution < 1.29 is 9.59 Å². The molecule has 0 bridgehead atoms. The van der Waals surface area contributed by atoms with Crippen LogP contribution >= 0.6 is 46.4 Å². The van der Waals surface area contributed by atoms with Crippen molar-refractivity contribution in [3.63, 3.8) is 0 Å². The molecule has 0 aliphatic carbocycles. The Bertz CT molecular complexity index is 1400. The van der Waals surface area contributed by atoms with Gasteiger partial charge in [0.25, 0.3) is 0 Å². The highest BCUT2D eigenvalue weighted by molar-refractivity contribution is 6.42. The molecule has 2 N–H and O–H groups in total. The molecular weight excluding hydrogens is 550 g/mol. The van der Waals surface area contributed by atoms with Gasteiger partial charge < -0.3 is 10.6 Å². The van der Waals surface area contributed by atoms with E-state index in [0.29, 0.717) is 48.8 Å². The average Bonchev–Trinajstić information content (AvgIpc) is 2.88. The van der Waals surface area contributed by atoms with Crippen LogP contribution in [0.1, 0.15) is 23.6 Å². The van der Waals surface area contributed by atoms with Crippen LogP contribution in [0.3, 0.4) is 0 Å². The number of benzene rings is 3. The van der Waals surface area contributed by atoms with E-state index in [1.165, 1.54) is 0 Å². The predicted molar refractivity (Wildman–Crippen MR) is 153 cm³/mol. The van der Waals surface area contributed by atoms with Gasteiger partial charge in [0.05, 0.1) is 38.7 Å². The third kappa shape index (κ3) is 6.46. The van der Waals surface area contributed by atoms with Gasteiger partial charge >= 0.3 is 0 Å². The average molecular weight is 574 g/mol. The maximum absolute atomic E-state index is 13.7. The largest absolute Gasteiger partial charge is 0.330 e. The van der Waals surface area contributed by atoms with Gasteiger partial charge in [0.1, 0.15) is 0 Å². The van der Waals surface area contributed by atoms with Crippen molar-refractivity contribution in [3.05, 3.63) is 115 Å². The number of Topliss-reactive ketones (excluding diaryl/α,β-unsaturated/α-hetero) is 1. The standard InChI is InChI=1S/C29H24Cl4N2O2/c1-17-22(12-20-8-10-24(31)26(33)14-20)28(36)21(11-19-7-9-23(30)25(32)13-19)16-35(17)29(37)27(34)15-18-5-3-2-4-6-18/h2-14,17,27H,15-16,34H2,1H3/b21-11+,22-12+/t17?,27-/m0/s1. The highest BCUT2D eigenvalue weighted by atomic mass is 35.5. The lowest BCUT2D eigenvalue weighted by atomic mass is 9.88. The topological polar surface area (TPSA) is 63.4 Å². The number of amides is 1. The first kappa shape index (κ1) is 27.4. The van der Waals surface area contributed by atoms with Crippen molar-refractivity contribution in [2.75, 3.05) is 6.54 Å². The molecule has 8 heteroatoms. The van der Waals surface area contributed by atoms with E-state index in [4.69, 9.17) is 52.1 Å². The molecule has 4 rings (SSSR count). The molecule has 1 amide bonds. The molecule has 0 radical (unpaired) electrons. The van der Waals surface area contributed by atoms with E-state index in [-0.39, 0.29) is 18.2 Å². The van der Waals surface area contributed by atoms with Gasteiger partial charge in [-0.1, -0.05) is 88.9 Å². The summed E-state index contributed by atoms with van der Waals surface area (Å²) in [4.78, 5) is 28.9. The molecule has 0 saturated carbocycles. The number of nitrogens with zero attached hydrogens (tertiary/aromatic N) is 1. The Balaban J connectivity index is 1.73. The number of carbonyl (C=O) groups excluding carboxylic acids is 2. The van der Waals surface area contributed by atoms with Crippen molar-refractivity contribution in [1.82, 2.24) is 4.90 Å². The molecule has 2 atom stereocenters. The van der Waals surface area contributed by atoms with Crippen LogP contribution < -0.4 is 5.73 Å². The summed E-state index contributed by atoms with van der Waals surface area (Å²) >= 11 is 24.5. The van der Waals surface area contributed by atoms with Crippen LogP contribution in [-0.4, -0.2) is 35.2 Å². The minimum absolute atomic E-state index is 0.111. The second kappa shape index (κ2) is 11.8. The number of nitrogens with two attached hydrogens (primary N) is 1. The summed E-state index contributed by atoms with van der Waals surface area (Å²) in [5.74, 6) is -0.422. The number of hydrogen-bond donors (Lipinski definition) is 1. The summed E-state index contributed by atoms with van der Waals surface area (Å²) in [5.41, 5.74) is 9.59. The molecule has 1 fully saturated rings. The molecule has 1 unspecified atom stereocenters. The predicted octanol–water partition coefficient (Wildman–Crippen LogP) is 7.14. The Labute approximate surface area is 236 Å². The van der Waals surface area contributed by atoms with E-state index in [2.05, 4.69) is 0 Å². The van der Waals surface area contributed by atoms with Crippen LogP contribution in [0, 0.1) is 0 Å². The zero-order valence-electron chi connectivity index (χ0n) is 19.9. The first-order valence-corrected chi connectivity index (χ1v) is 13.1. The molecule has 190 valence electrons. The number of ketones is 1. The minimum atomic E-state index is -0.768. The molecule has 37 heavy (non-hydrogen) atoms. The van der Waals surface area contributed by atoms with Gasteiger partial charge in [0.2, 0.25) is 5.91 Å². The van der Waals surface area contributed by atoms with Gasteiger partial charge in [-0.2, -0.15) is 0 Å². The van der Waals surface area contributed by atoms with Crippen LogP contribution in [0.4, 0.5) is 0 Å². The van der Waals surface area contributed by atoms with Gasteiger partial charge in [-0.3, -0.25) is 9.59 Å². The first-order chi connectivity index (χ1) is 17.6. The van der Waals surface area contributed by atoms with Crippen LogP contribution in [-0.2, 0) is 16.0 Å². The molecule has 0 aromatic heterocycles. The maximum Gasteiger partial charge on any atom is 0.240 e. The summed E-state index contributed by atoms with van der Waals surface area (Å²) in [6.45, 7) is 1.94. The van der Waals surface area contributed by atoms with Crippen molar-refractivity contribution in [2.45, 2.75) is 25.4 Å². The van der Waals surface area contributed by atoms with Gasteiger partial charge in [-0.15, -0.1) is 0 Å². The van der Waals surface area contributed by atoms with E-state index in [9.17, 15) is 9.59 Å². The van der Waals surface area contributed by atoms with E-state index in [0.717, 1.165) is 5.56 Å². The number of likely N-dealkylation sites (tertiary alicyclic amines) is 1. The summed E-state index contributed by atoms with van der Waals surface area (Å²) in [6.07, 6.45) is 3.84. The van der Waals surface area contributed by atoms with Crippen molar-refractivity contribution in [3.8, 4) is 0 Å². The molecule has 3 aromatic carbocycles. The van der Waals surface area contributed by atoms with E-state index in [1.807, 2.05) is 37.3 Å². The highest BCUT2D eigenvalue weighted by Crippen LogP contribution is 2.31. The smallest absolute Gasteiger partial charge is 0.240 e. The lowest BCUT2D eigenvalue weighted by molar-refractivity contribution is -0.134. The zero-order chi connectivity index (χ0) is 26.7. The summed E-state index contributed by atoms with van der Waals surface area (Å²) in [7, 11) is 0. The summed E-state index contributed by atoms with van der Waals surface area (Å²) in [6, 6.07) is 18.5. The first-order valence-electron chi connectivity index (χ1n) is 11.6. The molecule has 4 nitrogen and oxygen atoms in total. The molecular formula is C29H24Cl4N2O2.